The Balaban J connectivity index is 0.00000312. The van der Waals surface area contributed by atoms with Gasteiger partial charge >= 0.3 is 6.18 Å². The maximum absolute atomic E-state index is 12.1. The van der Waals surface area contributed by atoms with Gasteiger partial charge in [0.1, 0.15) is 0 Å². The van der Waals surface area contributed by atoms with Gasteiger partial charge in [-0.15, -0.1) is 12.4 Å². The molecule has 0 radical (unpaired) electrons. The Bertz CT molecular complexity index is 651. The third-order valence-corrected chi connectivity index (χ3v) is 3.29. The van der Waals surface area contributed by atoms with Gasteiger partial charge in [-0.1, -0.05) is 26.8 Å². The van der Waals surface area contributed by atoms with E-state index in [0.717, 1.165) is 16.8 Å². The van der Waals surface area contributed by atoms with Gasteiger partial charge in [0.15, 0.2) is 6.61 Å². The predicted octanol–water partition coefficient (Wildman–Crippen LogP) is 3.75. The van der Waals surface area contributed by atoms with Crippen molar-refractivity contribution in [2.24, 2.45) is 0 Å². The van der Waals surface area contributed by atoms with Crippen LogP contribution in [0, 0.1) is 0 Å². The maximum atomic E-state index is 12.1. The van der Waals surface area contributed by atoms with Crippen LogP contribution in [-0.2, 0) is 18.5 Å². The first kappa shape index (κ1) is 21.2. The number of nitrogens with zero attached hydrogens (tertiary/aromatic N) is 2. The molecule has 0 aliphatic carbocycles. The van der Waals surface area contributed by atoms with E-state index >= 15 is 0 Å². The summed E-state index contributed by atoms with van der Waals surface area (Å²) in [6.07, 6.45) is -1.07. The van der Waals surface area contributed by atoms with Crippen molar-refractivity contribution >= 4 is 12.4 Å². The molecule has 0 saturated carbocycles. The van der Waals surface area contributed by atoms with E-state index in [9.17, 15) is 13.2 Å². The molecule has 0 unspecified atom stereocenters. The second-order valence-corrected chi connectivity index (χ2v) is 6.53. The minimum absolute atomic E-state index is 0. The highest BCUT2D eigenvalue weighted by molar-refractivity contribution is 5.85. The summed E-state index contributed by atoms with van der Waals surface area (Å²) in [6.45, 7) is 6.15. The molecule has 140 valence electrons. The maximum Gasteiger partial charge on any atom is 0.422 e. The minimum Gasteiger partial charge on any atom is -0.468 e. The van der Waals surface area contributed by atoms with Crippen LogP contribution in [0.1, 0.15) is 37.6 Å². The first-order valence-electron chi connectivity index (χ1n) is 7.53. The van der Waals surface area contributed by atoms with Crippen LogP contribution >= 0.6 is 12.4 Å². The van der Waals surface area contributed by atoms with E-state index in [1.165, 1.54) is 12.3 Å². The van der Waals surface area contributed by atoms with Crippen LogP contribution in [0.15, 0.2) is 24.5 Å². The SMILES string of the molecule is CC(C)(C)c1[nH]ncc1CNCc1ccc(OCC(F)(F)F)nc1.Cl. The second-order valence-electron chi connectivity index (χ2n) is 6.53. The molecule has 2 heterocycles. The largest absolute Gasteiger partial charge is 0.468 e. The summed E-state index contributed by atoms with van der Waals surface area (Å²) in [5.74, 6) is -0.0408. The van der Waals surface area contributed by atoms with Crippen molar-refractivity contribution in [1.29, 1.82) is 0 Å². The molecule has 0 amide bonds. The van der Waals surface area contributed by atoms with Crippen molar-refractivity contribution < 1.29 is 17.9 Å². The highest BCUT2D eigenvalue weighted by Crippen LogP contribution is 2.23. The lowest BCUT2D eigenvalue weighted by molar-refractivity contribution is -0.154. The van der Waals surface area contributed by atoms with Crippen LogP contribution in [0.2, 0.25) is 0 Å². The van der Waals surface area contributed by atoms with Crippen LogP contribution in [0.5, 0.6) is 5.88 Å². The van der Waals surface area contributed by atoms with E-state index in [1.54, 1.807) is 12.3 Å². The van der Waals surface area contributed by atoms with Crippen molar-refractivity contribution in [3.63, 3.8) is 0 Å². The number of nitrogens with one attached hydrogen (secondary N) is 2. The third-order valence-electron chi connectivity index (χ3n) is 3.29. The molecule has 0 saturated heterocycles. The molecule has 0 fully saturated rings. The van der Waals surface area contributed by atoms with E-state index in [1.807, 2.05) is 0 Å². The summed E-state index contributed by atoms with van der Waals surface area (Å²) in [6, 6.07) is 3.12. The number of aromatic nitrogens is 3. The monoisotopic (exact) mass is 378 g/mol. The van der Waals surface area contributed by atoms with Crippen LogP contribution in [-0.4, -0.2) is 28.0 Å². The highest BCUT2D eigenvalue weighted by atomic mass is 35.5. The van der Waals surface area contributed by atoms with Gasteiger partial charge in [-0.3, -0.25) is 5.10 Å². The minimum atomic E-state index is -4.36. The highest BCUT2D eigenvalue weighted by Gasteiger charge is 2.28. The number of pyridine rings is 1. The van der Waals surface area contributed by atoms with Gasteiger partial charge in [-0.25, -0.2) is 4.98 Å². The van der Waals surface area contributed by atoms with Crippen molar-refractivity contribution in [2.75, 3.05) is 6.61 Å². The van der Waals surface area contributed by atoms with E-state index in [4.69, 9.17) is 0 Å². The number of hydrogen-bond donors (Lipinski definition) is 2. The molecule has 9 heteroatoms. The average Bonchev–Trinajstić information content (AvgIpc) is 2.94. The zero-order valence-corrected chi connectivity index (χ0v) is 15.1. The fourth-order valence-corrected chi connectivity index (χ4v) is 2.19. The molecular formula is C16H22ClF3N4O. The van der Waals surface area contributed by atoms with Gasteiger partial charge in [0, 0.05) is 42.0 Å². The summed E-state index contributed by atoms with van der Waals surface area (Å²) in [5.41, 5.74) is 2.99. The topological polar surface area (TPSA) is 62.8 Å². The summed E-state index contributed by atoms with van der Waals surface area (Å²) in [4.78, 5) is 3.87. The van der Waals surface area contributed by atoms with Gasteiger partial charge < -0.3 is 10.1 Å². The first-order chi connectivity index (χ1) is 11.1. The number of aromatic amines is 1. The Morgan fingerprint density at radius 1 is 1.12 bits per heavy atom. The lowest BCUT2D eigenvalue weighted by atomic mass is 9.89. The third kappa shape index (κ3) is 6.91. The second kappa shape index (κ2) is 8.53. The molecule has 2 N–H and O–H groups in total. The molecule has 0 aromatic carbocycles. The molecule has 2 rings (SSSR count). The Kier molecular flexibility index (Phi) is 7.25. The number of alkyl halides is 3. The first-order valence-corrected chi connectivity index (χ1v) is 7.53. The average molecular weight is 379 g/mol. The van der Waals surface area contributed by atoms with Crippen LogP contribution in [0.4, 0.5) is 13.2 Å². The van der Waals surface area contributed by atoms with E-state index in [2.05, 4.69) is 46.0 Å². The lowest BCUT2D eigenvalue weighted by Crippen LogP contribution is -2.20. The summed E-state index contributed by atoms with van der Waals surface area (Å²) in [5, 5.41) is 10.4. The molecule has 0 atom stereocenters. The van der Waals surface area contributed by atoms with Crippen molar-refractivity contribution in [1.82, 2.24) is 20.5 Å². The molecule has 0 aliphatic heterocycles. The van der Waals surface area contributed by atoms with Gasteiger partial charge in [-0.05, 0) is 5.56 Å². The van der Waals surface area contributed by atoms with E-state index in [-0.39, 0.29) is 23.7 Å². The van der Waals surface area contributed by atoms with Crippen LogP contribution in [0.3, 0.4) is 0 Å². The molecule has 2 aromatic rings. The number of halogens is 4. The zero-order chi connectivity index (χ0) is 17.8. The summed E-state index contributed by atoms with van der Waals surface area (Å²) >= 11 is 0. The molecule has 2 aromatic heterocycles. The zero-order valence-electron chi connectivity index (χ0n) is 14.3. The smallest absolute Gasteiger partial charge is 0.422 e. The summed E-state index contributed by atoms with van der Waals surface area (Å²) in [7, 11) is 0. The standard InChI is InChI=1S/C16H21F3N4O.ClH/c1-15(2,3)14-12(9-22-23-14)8-20-6-11-4-5-13(21-7-11)24-10-16(17,18)19;/h4-5,7,9,20H,6,8,10H2,1-3H3,(H,22,23);1H. The Hall–Kier alpha value is -1.80. The Morgan fingerprint density at radius 3 is 2.40 bits per heavy atom. The van der Waals surface area contributed by atoms with Gasteiger partial charge in [0.2, 0.25) is 5.88 Å². The number of hydrogen-bond acceptors (Lipinski definition) is 4. The normalized spacial score (nSPS) is 11.9. The molecule has 0 aliphatic rings. The Labute approximate surface area is 150 Å². The van der Waals surface area contributed by atoms with Crippen LogP contribution in [0.25, 0.3) is 0 Å². The fourth-order valence-electron chi connectivity index (χ4n) is 2.19. The number of ether oxygens (including phenoxy) is 1. The van der Waals surface area contributed by atoms with E-state index < -0.39 is 12.8 Å². The van der Waals surface area contributed by atoms with Crippen molar-refractivity contribution in [2.45, 2.75) is 45.5 Å². The number of rotatable bonds is 6. The fraction of sp³-hybridized carbons (Fsp3) is 0.500. The summed E-state index contributed by atoms with van der Waals surface area (Å²) < 4.78 is 40.8. The molecule has 5 nitrogen and oxygen atoms in total. The van der Waals surface area contributed by atoms with Gasteiger partial charge in [0.25, 0.3) is 0 Å². The predicted molar refractivity (Wildman–Crippen MR) is 90.9 cm³/mol. The quantitative estimate of drug-likeness (QED) is 0.803. The van der Waals surface area contributed by atoms with Crippen molar-refractivity contribution in [3.05, 3.63) is 41.3 Å². The van der Waals surface area contributed by atoms with Crippen molar-refractivity contribution in [3.8, 4) is 5.88 Å². The molecular weight excluding hydrogens is 357 g/mol. The number of H-pyrrole nitrogens is 1. The lowest BCUT2D eigenvalue weighted by Gasteiger charge is -2.18. The Morgan fingerprint density at radius 2 is 1.84 bits per heavy atom. The van der Waals surface area contributed by atoms with Crippen LogP contribution < -0.4 is 10.1 Å². The van der Waals surface area contributed by atoms with Gasteiger partial charge in [-0.2, -0.15) is 18.3 Å². The molecule has 0 bridgehead atoms. The molecule has 0 spiro atoms. The van der Waals surface area contributed by atoms with E-state index in [0.29, 0.717) is 13.1 Å². The molecule has 25 heavy (non-hydrogen) atoms. The van der Waals surface area contributed by atoms with Gasteiger partial charge in [0.05, 0.1) is 6.20 Å².